The number of nitrogens with two attached hydrogens (primary N) is 1. The van der Waals surface area contributed by atoms with Crippen LogP contribution in [0.5, 0.6) is 0 Å². The fraction of sp³-hybridized carbons (Fsp3) is 0.417. The summed E-state index contributed by atoms with van der Waals surface area (Å²) in [5.41, 5.74) is 7.07. The van der Waals surface area contributed by atoms with E-state index in [4.69, 9.17) is 5.73 Å². The normalized spacial score (nSPS) is 13.8. The van der Waals surface area contributed by atoms with Crippen molar-refractivity contribution in [1.29, 1.82) is 0 Å². The quantitative estimate of drug-likeness (QED) is 0.212. The zero-order chi connectivity index (χ0) is 34.0. The minimum Gasteiger partial charge on any atom is -0.392 e. The minimum atomic E-state index is -1.15. The van der Waals surface area contributed by atoms with Crippen molar-refractivity contribution in [2.24, 2.45) is 5.73 Å². The van der Waals surface area contributed by atoms with Gasteiger partial charge in [-0.2, -0.15) is 0 Å². The molecule has 0 saturated carbocycles. The van der Waals surface area contributed by atoms with Crippen molar-refractivity contribution in [1.82, 2.24) is 15.1 Å². The average molecular weight is 637 g/mol. The molecule has 0 aliphatic rings. The van der Waals surface area contributed by atoms with Crippen molar-refractivity contribution in [3.63, 3.8) is 0 Å². The Kier molecular flexibility index (Phi) is 13.0. The van der Waals surface area contributed by atoms with Crippen molar-refractivity contribution < 1.29 is 28.3 Å². The molecule has 0 aromatic heterocycles. The molecule has 0 fully saturated rings. The maximum Gasteiger partial charge on any atom is 0.246 e. The number of benzene rings is 3. The number of likely N-dealkylation sites (N-methyl/N-ethyl adjacent to an activating group) is 2. The second-order valence-corrected chi connectivity index (χ2v) is 12.0. The summed E-state index contributed by atoms with van der Waals surface area (Å²) in [5, 5.41) is 14.4. The number of nitrogens with one attached hydrogen (secondary N) is 1. The fourth-order valence-corrected chi connectivity index (χ4v) is 5.23. The van der Waals surface area contributed by atoms with Gasteiger partial charge < -0.3 is 26.0 Å². The number of hydrogen-bond acceptors (Lipinski definition) is 5. The van der Waals surface area contributed by atoms with Crippen molar-refractivity contribution in [3.05, 3.63) is 95.6 Å². The third-order valence-corrected chi connectivity index (χ3v) is 8.64. The number of hydrogen-bond donors (Lipinski definition) is 3. The van der Waals surface area contributed by atoms with Gasteiger partial charge in [-0.05, 0) is 66.3 Å². The van der Waals surface area contributed by atoms with Crippen LogP contribution in [-0.4, -0.2) is 77.0 Å². The molecule has 0 radical (unpaired) electrons. The fourth-order valence-electron chi connectivity index (χ4n) is 5.23. The highest BCUT2D eigenvalue weighted by molar-refractivity contribution is 5.95. The van der Waals surface area contributed by atoms with E-state index in [-0.39, 0.29) is 19.4 Å². The maximum absolute atomic E-state index is 14.3. The van der Waals surface area contributed by atoms with Crippen LogP contribution in [-0.2, 0) is 27.2 Å². The van der Waals surface area contributed by atoms with Crippen LogP contribution in [0.4, 0.5) is 8.78 Å². The first-order valence-electron chi connectivity index (χ1n) is 15.6. The van der Waals surface area contributed by atoms with Gasteiger partial charge in [0.15, 0.2) is 11.6 Å². The van der Waals surface area contributed by atoms with Crippen LogP contribution in [0.25, 0.3) is 10.8 Å². The van der Waals surface area contributed by atoms with E-state index in [1.165, 1.54) is 43.0 Å². The number of nitrogens with zero attached hydrogens (tertiary/aromatic N) is 2. The summed E-state index contributed by atoms with van der Waals surface area (Å²) in [6.07, 6.45) is 4.29. The first kappa shape index (κ1) is 36.3. The monoisotopic (exact) mass is 636 g/mol. The Morgan fingerprint density at radius 3 is 2.13 bits per heavy atom. The summed E-state index contributed by atoms with van der Waals surface area (Å²) in [5.74, 6) is -3.62. The molecule has 248 valence electrons. The summed E-state index contributed by atoms with van der Waals surface area (Å²) in [6, 6.07) is 14.7. The SMILES string of the molecule is CCC(N)(CC)CC=CC(=O)N(C)[C@H](Cc1ccc2ccccc2c1)C(=O)N(C)[C@H](Cc1ccc(F)c(F)c1)C(=O)NC[C@@H](C)O. The predicted octanol–water partition coefficient (Wildman–Crippen LogP) is 4.52. The molecule has 0 aliphatic heterocycles. The van der Waals surface area contributed by atoms with Gasteiger partial charge in [0.25, 0.3) is 0 Å². The molecule has 0 saturated heterocycles. The Labute approximate surface area is 270 Å². The Balaban J connectivity index is 1.98. The van der Waals surface area contributed by atoms with E-state index in [2.05, 4.69) is 5.32 Å². The Hall–Kier alpha value is -4.15. The van der Waals surface area contributed by atoms with E-state index >= 15 is 0 Å². The maximum atomic E-state index is 14.3. The molecular weight excluding hydrogens is 590 g/mol. The molecule has 0 unspecified atom stereocenters. The number of fused-ring (bicyclic) bond motifs is 1. The van der Waals surface area contributed by atoms with E-state index in [1.54, 1.807) is 6.08 Å². The first-order chi connectivity index (χ1) is 21.8. The van der Waals surface area contributed by atoms with Crippen LogP contribution in [0.15, 0.2) is 72.8 Å². The van der Waals surface area contributed by atoms with Gasteiger partial charge in [-0.25, -0.2) is 8.78 Å². The predicted molar refractivity (Wildman–Crippen MR) is 177 cm³/mol. The number of aliphatic hydroxyl groups is 1. The summed E-state index contributed by atoms with van der Waals surface area (Å²) < 4.78 is 27.8. The molecule has 46 heavy (non-hydrogen) atoms. The first-order valence-corrected chi connectivity index (χ1v) is 15.6. The number of carbonyl (C=O) groups is 3. The lowest BCUT2D eigenvalue weighted by atomic mass is 9.90. The van der Waals surface area contributed by atoms with Crippen molar-refractivity contribution in [2.45, 2.75) is 76.6 Å². The molecule has 3 atom stereocenters. The second kappa shape index (κ2) is 16.4. The molecule has 0 heterocycles. The van der Waals surface area contributed by atoms with Gasteiger partial charge in [0.1, 0.15) is 12.1 Å². The molecule has 10 heteroatoms. The van der Waals surface area contributed by atoms with Gasteiger partial charge in [0.2, 0.25) is 17.7 Å². The van der Waals surface area contributed by atoms with Crippen LogP contribution in [0.1, 0.15) is 51.2 Å². The van der Waals surface area contributed by atoms with E-state index in [9.17, 15) is 28.3 Å². The van der Waals surface area contributed by atoms with Crippen molar-refractivity contribution >= 4 is 28.5 Å². The molecule has 3 aromatic carbocycles. The molecule has 0 bridgehead atoms. The van der Waals surface area contributed by atoms with Crippen LogP contribution >= 0.6 is 0 Å². The number of aliphatic hydroxyl groups excluding tert-OH is 1. The van der Waals surface area contributed by atoms with Crippen molar-refractivity contribution in [2.75, 3.05) is 20.6 Å². The standard InChI is InChI=1S/C36H46F2N4O4/c1-6-36(39,7-2)18-10-13-33(44)41(4)32(22-25-14-16-27-11-8-9-12-28(27)19-25)35(46)42(5)31(34(45)40-23-24(3)43)21-26-15-17-29(37)30(38)20-26/h8-17,19-20,24,31-32,43H,6-7,18,21-23,39H2,1-5H3,(H,40,45)/t24-,31-,32-/m1/s1. The van der Waals surface area contributed by atoms with Crippen molar-refractivity contribution in [3.8, 4) is 0 Å². The van der Waals surface area contributed by atoms with Gasteiger partial charge >= 0.3 is 0 Å². The van der Waals surface area contributed by atoms with Crippen LogP contribution in [0.2, 0.25) is 0 Å². The smallest absolute Gasteiger partial charge is 0.246 e. The topological polar surface area (TPSA) is 116 Å². The molecule has 0 spiro atoms. The summed E-state index contributed by atoms with van der Waals surface area (Å²) in [6.45, 7) is 5.42. The largest absolute Gasteiger partial charge is 0.392 e. The Bertz CT molecular complexity index is 1540. The van der Waals surface area contributed by atoms with E-state index in [1.807, 2.05) is 56.3 Å². The summed E-state index contributed by atoms with van der Waals surface area (Å²) >= 11 is 0. The Morgan fingerprint density at radius 2 is 1.50 bits per heavy atom. The van der Waals surface area contributed by atoms with Gasteiger partial charge in [-0.15, -0.1) is 0 Å². The molecular formula is C36H46F2N4O4. The molecule has 3 rings (SSSR count). The van der Waals surface area contributed by atoms with Crippen LogP contribution in [0.3, 0.4) is 0 Å². The molecule has 0 aliphatic carbocycles. The molecule has 3 amide bonds. The average Bonchev–Trinajstić information content (AvgIpc) is 3.05. The molecule has 8 nitrogen and oxygen atoms in total. The number of rotatable bonds is 15. The number of amides is 3. The Morgan fingerprint density at radius 1 is 0.891 bits per heavy atom. The van der Waals surface area contributed by atoms with Gasteiger partial charge in [0, 0.05) is 39.0 Å². The lowest BCUT2D eigenvalue weighted by Gasteiger charge is -2.34. The molecule has 4 N–H and O–H groups in total. The van der Waals surface area contributed by atoms with E-state index in [0.717, 1.165) is 41.3 Å². The molecule has 3 aromatic rings. The summed E-state index contributed by atoms with van der Waals surface area (Å²) in [7, 11) is 2.99. The van der Waals surface area contributed by atoms with Crippen LogP contribution in [0, 0.1) is 11.6 Å². The van der Waals surface area contributed by atoms with Gasteiger partial charge in [0.05, 0.1) is 6.10 Å². The van der Waals surface area contributed by atoms with Gasteiger partial charge in [-0.3, -0.25) is 14.4 Å². The minimum absolute atomic E-state index is 0.0724. The number of halogens is 2. The lowest BCUT2D eigenvalue weighted by Crippen LogP contribution is -2.56. The van der Waals surface area contributed by atoms with Crippen LogP contribution < -0.4 is 11.1 Å². The highest BCUT2D eigenvalue weighted by atomic mass is 19.2. The summed E-state index contributed by atoms with van der Waals surface area (Å²) in [4.78, 5) is 43.7. The zero-order valence-corrected chi connectivity index (χ0v) is 27.3. The highest BCUT2D eigenvalue weighted by Gasteiger charge is 2.35. The highest BCUT2D eigenvalue weighted by Crippen LogP contribution is 2.21. The van der Waals surface area contributed by atoms with Gasteiger partial charge in [-0.1, -0.05) is 68.5 Å². The lowest BCUT2D eigenvalue weighted by molar-refractivity contribution is -0.146. The van der Waals surface area contributed by atoms with E-state index < -0.39 is 53.1 Å². The third-order valence-electron chi connectivity index (χ3n) is 8.64. The zero-order valence-electron chi connectivity index (χ0n) is 27.3. The number of carbonyl (C=O) groups excluding carboxylic acids is 3. The van der Waals surface area contributed by atoms with E-state index in [0.29, 0.717) is 12.0 Å². The second-order valence-electron chi connectivity index (χ2n) is 12.0. The third kappa shape index (κ3) is 9.67.